The number of benzene rings is 3. The van der Waals surface area contributed by atoms with Crippen LogP contribution in [0, 0.1) is 11.7 Å². The Labute approximate surface area is 247 Å². The van der Waals surface area contributed by atoms with Gasteiger partial charge >= 0.3 is 0 Å². The lowest BCUT2D eigenvalue weighted by atomic mass is 9.81. The minimum atomic E-state index is -0.727. The predicted octanol–water partition coefficient (Wildman–Crippen LogP) is 6.94. The summed E-state index contributed by atoms with van der Waals surface area (Å²) in [6.45, 7) is 4.73. The highest BCUT2D eigenvalue weighted by Gasteiger charge is 2.35. The summed E-state index contributed by atoms with van der Waals surface area (Å²) < 4.78 is 25.4. The molecule has 3 aromatic carbocycles. The average molecular weight is 580 g/mol. The number of likely N-dealkylation sites (tertiary alicyclic amines) is 1. The fraction of sp³-hybridized carbons (Fsp3) is 0.412. The van der Waals surface area contributed by atoms with Gasteiger partial charge < -0.3 is 24.6 Å². The van der Waals surface area contributed by atoms with Gasteiger partial charge in [-0.15, -0.1) is 0 Å². The highest BCUT2D eigenvalue weighted by molar-refractivity contribution is 5.96. The van der Waals surface area contributed by atoms with Crippen LogP contribution >= 0.6 is 0 Å². The molecule has 0 saturated carbocycles. The summed E-state index contributed by atoms with van der Waals surface area (Å²) in [5.41, 5.74) is 0.316. The molecule has 8 heteroatoms. The number of Topliss-reactive ketones (excluding diaryl/α,β-unsaturated/α-hetero) is 1. The van der Waals surface area contributed by atoms with Crippen molar-refractivity contribution in [3.05, 3.63) is 83.7 Å². The molecule has 1 amide bonds. The standard InChI is InChI=1S/C33H38FNO6.CH4/c1-3-23(4-2)21-33(39)13-15-35(16-14-33)32(38)19-24-17-29(40-27-9-5-25(6-10-27)31(37)22-36)20-30(18-24)41-28-11-7-26(34)8-12-28;/h5-12,17-18,20,23,36,39H,3-4,13-16,19,21-22H2,1-2H3;1H4. The van der Waals surface area contributed by atoms with Crippen LogP contribution in [0.4, 0.5) is 4.39 Å². The van der Waals surface area contributed by atoms with Crippen molar-refractivity contribution in [2.75, 3.05) is 19.7 Å². The number of piperidine rings is 1. The second kappa shape index (κ2) is 14.9. The van der Waals surface area contributed by atoms with Crippen molar-refractivity contribution >= 4 is 11.7 Å². The monoisotopic (exact) mass is 579 g/mol. The number of halogens is 1. The van der Waals surface area contributed by atoms with Crippen LogP contribution in [0.5, 0.6) is 23.0 Å². The number of rotatable bonds is 12. The van der Waals surface area contributed by atoms with Crippen LogP contribution < -0.4 is 9.47 Å². The van der Waals surface area contributed by atoms with E-state index in [-0.39, 0.29) is 25.6 Å². The van der Waals surface area contributed by atoms with Crippen molar-refractivity contribution in [3.8, 4) is 23.0 Å². The molecule has 1 fully saturated rings. The number of ether oxygens (including phenoxy) is 2. The molecule has 0 aromatic heterocycles. The minimum Gasteiger partial charge on any atom is -0.457 e. The minimum absolute atomic E-state index is 0. The Morgan fingerprint density at radius 1 is 0.881 bits per heavy atom. The van der Waals surface area contributed by atoms with Crippen molar-refractivity contribution in [2.45, 2.75) is 65.4 Å². The van der Waals surface area contributed by atoms with E-state index >= 15 is 0 Å². The first-order chi connectivity index (χ1) is 19.7. The molecule has 3 aromatic rings. The molecule has 0 radical (unpaired) electrons. The van der Waals surface area contributed by atoms with E-state index in [1.54, 1.807) is 47.4 Å². The molecule has 0 atom stereocenters. The Hall–Kier alpha value is -3.75. The van der Waals surface area contributed by atoms with Gasteiger partial charge in [0.1, 0.15) is 35.4 Å². The molecule has 42 heavy (non-hydrogen) atoms. The summed E-state index contributed by atoms with van der Waals surface area (Å²) in [6, 6.07) is 17.2. The van der Waals surface area contributed by atoms with Gasteiger partial charge in [0.25, 0.3) is 0 Å². The Morgan fingerprint density at radius 3 is 1.90 bits per heavy atom. The van der Waals surface area contributed by atoms with Crippen LogP contribution in [0.2, 0.25) is 0 Å². The summed E-state index contributed by atoms with van der Waals surface area (Å²) in [4.78, 5) is 26.8. The van der Waals surface area contributed by atoms with Crippen molar-refractivity contribution in [2.24, 2.45) is 5.92 Å². The summed E-state index contributed by atoms with van der Waals surface area (Å²) in [5.74, 6) is 1.40. The number of ketones is 1. The van der Waals surface area contributed by atoms with Crippen LogP contribution in [-0.2, 0) is 11.2 Å². The Kier molecular flexibility index (Phi) is 11.6. The van der Waals surface area contributed by atoms with Gasteiger partial charge in [-0.05, 0) is 91.4 Å². The molecule has 0 unspecified atom stereocenters. The fourth-order valence-electron chi connectivity index (χ4n) is 5.20. The Balaban J connectivity index is 0.00000484. The van der Waals surface area contributed by atoms with Gasteiger partial charge in [0.2, 0.25) is 5.91 Å². The van der Waals surface area contributed by atoms with E-state index in [0.29, 0.717) is 66.0 Å². The lowest BCUT2D eigenvalue weighted by molar-refractivity contribution is -0.135. The predicted molar refractivity (Wildman–Crippen MR) is 161 cm³/mol. The number of aliphatic hydroxyl groups is 2. The highest BCUT2D eigenvalue weighted by atomic mass is 19.1. The molecule has 4 rings (SSSR count). The summed E-state index contributed by atoms with van der Waals surface area (Å²) >= 11 is 0. The largest absolute Gasteiger partial charge is 0.457 e. The normalized spacial score (nSPS) is 14.3. The number of hydrogen-bond acceptors (Lipinski definition) is 6. The number of aliphatic hydroxyl groups excluding tert-OH is 1. The summed E-state index contributed by atoms with van der Waals surface area (Å²) in [7, 11) is 0. The quantitative estimate of drug-likeness (QED) is 0.226. The molecule has 7 nitrogen and oxygen atoms in total. The fourth-order valence-corrected chi connectivity index (χ4v) is 5.20. The average Bonchev–Trinajstić information content (AvgIpc) is 2.97. The van der Waals surface area contributed by atoms with Gasteiger partial charge in [-0.2, -0.15) is 0 Å². The van der Waals surface area contributed by atoms with Crippen molar-refractivity contribution in [1.29, 1.82) is 0 Å². The maximum absolute atomic E-state index is 13.4. The van der Waals surface area contributed by atoms with E-state index in [0.717, 1.165) is 19.3 Å². The van der Waals surface area contributed by atoms with Crippen LogP contribution in [-0.4, -0.2) is 52.1 Å². The molecule has 0 spiro atoms. The van der Waals surface area contributed by atoms with Gasteiger partial charge in [0, 0.05) is 24.7 Å². The SMILES string of the molecule is C.CCC(CC)CC1(O)CCN(C(=O)Cc2cc(Oc3ccc(F)cc3)cc(Oc3ccc(C(=O)CO)cc3)c2)CC1. The number of amides is 1. The Morgan fingerprint density at radius 2 is 1.40 bits per heavy atom. The third-order valence-electron chi connectivity index (χ3n) is 7.77. The van der Waals surface area contributed by atoms with E-state index in [4.69, 9.17) is 14.6 Å². The second-order valence-corrected chi connectivity index (χ2v) is 10.7. The third-order valence-corrected chi connectivity index (χ3v) is 7.77. The Bertz CT molecular complexity index is 1310. The molecule has 1 saturated heterocycles. The smallest absolute Gasteiger partial charge is 0.226 e. The number of hydrogen-bond donors (Lipinski definition) is 2. The van der Waals surface area contributed by atoms with Gasteiger partial charge in [0.05, 0.1) is 12.0 Å². The van der Waals surface area contributed by atoms with Crippen molar-refractivity contribution in [3.63, 3.8) is 0 Å². The topological polar surface area (TPSA) is 96.3 Å². The van der Waals surface area contributed by atoms with Gasteiger partial charge in [0.15, 0.2) is 5.78 Å². The molecule has 2 N–H and O–H groups in total. The molecule has 0 aliphatic carbocycles. The number of nitrogens with zero attached hydrogens (tertiary/aromatic N) is 1. The second-order valence-electron chi connectivity index (χ2n) is 10.7. The molecule has 1 heterocycles. The molecule has 0 bridgehead atoms. The van der Waals surface area contributed by atoms with Crippen molar-refractivity contribution in [1.82, 2.24) is 4.90 Å². The first kappa shape index (κ1) is 32.8. The van der Waals surface area contributed by atoms with Crippen molar-refractivity contribution < 1.29 is 33.7 Å². The van der Waals surface area contributed by atoms with E-state index in [1.165, 1.54) is 24.3 Å². The summed E-state index contributed by atoms with van der Waals surface area (Å²) in [5, 5.41) is 20.2. The van der Waals surface area contributed by atoms with Gasteiger partial charge in [-0.3, -0.25) is 9.59 Å². The maximum atomic E-state index is 13.4. The zero-order valence-corrected chi connectivity index (χ0v) is 23.6. The molecule has 226 valence electrons. The highest BCUT2D eigenvalue weighted by Crippen LogP contribution is 2.33. The van der Waals surface area contributed by atoms with Crippen LogP contribution in [0.1, 0.15) is 69.3 Å². The van der Waals surface area contributed by atoms with E-state index < -0.39 is 18.0 Å². The van der Waals surface area contributed by atoms with Gasteiger partial charge in [-0.1, -0.05) is 34.1 Å². The maximum Gasteiger partial charge on any atom is 0.226 e. The summed E-state index contributed by atoms with van der Waals surface area (Å²) in [6.07, 6.45) is 4.07. The van der Waals surface area contributed by atoms with E-state index in [1.807, 2.05) is 0 Å². The van der Waals surface area contributed by atoms with E-state index in [9.17, 15) is 19.1 Å². The van der Waals surface area contributed by atoms with Gasteiger partial charge in [-0.25, -0.2) is 4.39 Å². The van der Waals surface area contributed by atoms with Crippen LogP contribution in [0.3, 0.4) is 0 Å². The molecular weight excluding hydrogens is 537 g/mol. The molecule has 1 aliphatic rings. The number of carbonyl (C=O) groups is 2. The van der Waals surface area contributed by atoms with Crippen LogP contribution in [0.15, 0.2) is 66.7 Å². The lowest BCUT2D eigenvalue weighted by Crippen LogP contribution is -2.47. The van der Waals surface area contributed by atoms with E-state index in [2.05, 4.69) is 13.8 Å². The first-order valence-corrected chi connectivity index (χ1v) is 14.2. The third kappa shape index (κ3) is 8.87. The number of carbonyl (C=O) groups excluding carboxylic acids is 2. The lowest BCUT2D eigenvalue weighted by Gasteiger charge is -2.40. The first-order valence-electron chi connectivity index (χ1n) is 14.2. The van der Waals surface area contributed by atoms with Crippen LogP contribution in [0.25, 0.3) is 0 Å². The zero-order chi connectivity index (χ0) is 29.4. The molecular formula is C34H42FNO6. The molecule has 1 aliphatic heterocycles. The zero-order valence-electron chi connectivity index (χ0n) is 23.6.